The summed E-state index contributed by atoms with van der Waals surface area (Å²) in [5.41, 5.74) is 5.86. The van der Waals surface area contributed by atoms with Crippen LogP contribution in [-0.2, 0) is 18.6 Å². The molecule has 0 atom stereocenters. The van der Waals surface area contributed by atoms with Crippen LogP contribution >= 0.6 is 0 Å². The molecule has 0 unspecified atom stereocenters. The van der Waals surface area contributed by atoms with E-state index in [1.54, 1.807) is 0 Å². The van der Waals surface area contributed by atoms with Crippen LogP contribution in [0.15, 0.2) is 109 Å². The first-order valence-electron chi connectivity index (χ1n) is 9.80. The van der Waals surface area contributed by atoms with Gasteiger partial charge in [0.05, 0.1) is 18.6 Å². The number of benzene rings is 4. The summed E-state index contributed by atoms with van der Waals surface area (Å²) in [6, 6.07) is 37.3. The summed E-state index contributed by atoms with van der Waals surface area (Å²) in [7, 11) is 0. The van der Waals surface area contributed by atoms with E-state index in [2.05, 4.69) is 72.8 Å². The van der Waals surface area contributed by atoms with E-state index in [0.717, 1.165) is 22.3 Å². The molecule has 4 rings (SSSR count). The van der Waals surface area contributed by atoms with E-state index in [1.807, 2.05) is 36.4 Å². The van der Waals surface area contributed by atoms with Crippen molar-refractivity contribution < 1.29 is 10.2 Å². The standard InChI is InChI=1S/C27H24O2/c28-19-21-11-15-25(16-12-21)27(23-7-3-1-4-8-23,24-9-5-2-6-10-24)26-17-13-22(20-29)14-18-26/h1-18,28-29H,19-20H2. The maximum atomic E-state index is 9.52. The van der Waals surface area contributed by atoms with Gasteiger partial charge in [-0.05, 0) is 33.4 Å². The highest BCUT2D eigenvalue weighted by Gasteiger charge is 2.38. The van der Waals surface area contributed by atoms with E-state index in [0.29, 0.717) is 0 Å². The third-order valence-electron chi connectivity index (χ3n) is 5.55. The highest BCUT2D eigenvalue weighted by Crippen LogP contribution is 2.45. The average Bonchev–Trinajstić information content (AvgIpc) is 2.82. The molecule has 0 fully saturated rings. The molecule has 0 heterocycles. The largest absolute Gasteiger partial charge is 0.392 e. The van der Waals surface area contributed by atoms with Crippen LogP contribution < -0.4 is 0 Å². The second-order valence-corrected chi connectivity index (χ2v) is 7.19. The molecule has 0 saturated heterocycles. The fourth-order valence-corrected chi connectivity index (χ4v) is 4.10. The molecule has 0 aliphatic carbocycles. The molecule has 0 aliphatic heterocycles. The molecule has 4 aromatic rings. The molecule has 2 nitrogen and oxygen atoms in total. The molecular formula is C27H24O2. The summed E-state index contributed by atoms with van der Waals surface area (Å²) in [5, 5.41) is 19.0. The highest BCUT2D eigenvalue weighted by atomic mass is 16.3. The lowest BCUT2D eigenvalue weighted by molar-refractivity contribution is 0.281. The Bertz CT molecular complexity index is 948. The predicted octanol–water partition coefficient (Wildman–Crippen LogP) is 5.05. The smallest absolute Gasteiger partial charge is 0.0701 e. The van der Waals surface area contributed by atoms with Gasteiger partial charge in [0.15, 0.2) is 0 Å². The van der Waals surface area contributed by atoms with Crippen LogP contribution in [0, 0.1) is 0 Å². The second-order valence-electron chi connectivity index (χ2n) is 7.19. The number of hydrogen-bond acceptors (Lipinski definition) is 2. The summed E-state index contributed by atoms with van der Waals surface area (Å²) in [5.74, 6) is 0. The Morgan fingerprint density at radius 2 is 0.724 bits per heavy atom. The maximum absolute atomic E-state index is 9.52. The minimum Gasteiger partial charge on any atom is -0.392 e. The minimum absolute atomic E-state index is 0.0230. The zero-order valence-electron chi connectivity index (χ0n) is 16.2. The van der Waals surface area contributed by atoms with Crippen LogP contribution in [0.25, 0.3) is 0 Å². The van der Waals surface area contributed by atoms with Crippen molar-refractivity contribution in [2.24, 2.45) is 0 Å². The topological polar surface area (TPSA) is 40.5 Å². The van der Waals surface area contributed by atoms with E-state index in [1.165, 1.54) is 11.1 Å². The van der Waals surface area contributed by atoms with Gasteiger partial charge in [-0.25, -0.2) is 0 Å². The van der Waals surface area contributed by atoms with Crippen molar-refractivity contribution in [3.63, 3.8) is 0 Å². The summed E-state index contributed by atoms with van der Waals surface area (Å²) in [6.45, 7) is 0.0459. The van der Waals surface area contributed by atoms with E-state index < -0.39 is 5.41 Å². The fraction of sp³-hybridized carbons (Fsp3) is 0.111. The van der Waals surface area contributed by atoms with E-state index >= 15 is 0 Å². The third kappa shape index (κ3) is 3.49. The van der Waals surface area contributed by atoms with Crippen molar-refractivity contribution in [2.45, 2.75) is 18.6 Å². The first kappa shape index (κ1) is 19.1. The lowest BCUT2D eigenvalue weighted by Gasteiger charge is -2.37. The van der Waals surface area contributed by atoms with Crippen LogP contribution in [0.2, 0.25) is 0 Å². The summed E-state index contributed by atoms with van der Waals surface area (Å²) in [6.07, 6.45) is 0. The van der Waals surface area contributed by atoms with Crippen molar-refractivity contribution in [3.05, 3.63) is 143 Å². The molecule has 0 spiro atoms. The first-order chi connectivity index (χ1) is 14.3. The van der Waals surface area contributed by atoms with E-state index in [9.17, 15) is 10.2 Å². The molecule has 0 aliphatic rings. The zero-order valence-corrected chi connectivity index (χ0v) is 16.2. The summed E-state index contributed by atoms with van der Waals surface area (Å²) < 4.78 is 0. The van der Waals surface area contributed by atoms with Gasteiger partial charge in [0.25, 0.3) is 0 Å². The number of hydrogen-bond donors (Lipinski definition) is 2. The van der Waals surface area contributed by atoms with Crippen LogP contribution in [0.3, 0.4) is 0 Å². The minimum atomic E-state index is -0.509. The van der Waals surface area contributed by atoms with Gasteiger partial charge in [0.2, 0.25) is 0 Å². The van der Waals surface area contributed by atoms with Gasteiger partial charge in [-0.1, -0.05) is 109 Å². The Hall–Kier alpha value is -3.20. The van der Waals surface area contributed by atoms with Crippen LogP contribution in [0.5, 0.6) is 0 Å². The number of aliphatic hydroxyl groups excluding tert-OH is 2. The van der Waals surface area contributed by atoms with Gasteiger partial charge < -0.3 is 10.2 Å². The predicted molar refractivity (Wildman–Crippen MR) is 117 cm³/mol. The molecule has 4 aromatic carbocycles. The molecule has 144 valence electrons. The monoisotopic (exact) mass is 380 g/mol. The zero-order chi connectivity index (χ0) is 20.1. The van der Waals surface area contributed by atoms with Gasteiger partial charge in [-0.3, -0.25) is 0 Å². The Balaban J connectivity index is 2.06. The van der Waals surface area contributed by atoms with Gasteiger partial charge in [0.1, 0.15) is 0 Å². The first-order valence-corrected chi connectivity index (χ1v) is 9.80. The lowest BCUT2D eigenvalue weighted by Crippen LogP contribution is -2.31. The molecule has 2 N–H and O–H groups in total. The van der Waals surface area contributed by atoms with Crippen LogP contribution in [0.4, 0.5) is 0 Å². The van der Waals surface area contributed by atoms with Gasteiger partial charge in [-0.2, -0.15) is 0 Å². The fourth-order valence-electron chi connectivity index (χ4n) is 4.10. The van der Waals surface area contributed by atoms with Gasteiger partial charge >= 0.3 is 0 Å². The van der Waals surface area contributed by atoms with E-state index in [4.69, 9.17) is 0 Å². The number of aliphatic hydroxyl groups is 2. The van der Waals surface area contributed by atoms with Gasteiger partial charge in [-0.15, -0.1) is 0 Å². The maximum Gasteiger partial charge on any atom is 0.0701 e. The molecular weight excluding hydrogens is 356 g/mol. The molecule has 2 heteroatoms. The molecule has 0 aromatic heterocycles. The van der Waals surface area contributed by atoms with Crippen molar-refractivity contribution in [1.29, 1.82) is 0 Å². The van der Waals surface area contributed by atoms with E-state index in [-0.39, 0.29) is 13.2 Å². The Labute approximate surface area is 171 Å². The van der Waals surface area contributed by atoms with Crippen molar-refractivity contribution >= 4 is 0 Å². The molecule has 0 bridgehead atoms. The second kappa shape index (κ2) is 8.44. The Morgan fingerprint density at radius 3 is 1.03 bits per heavy atom. The summed E-state index contributed by atoms with van der Waals surface area (Å²) >= 11 is 0. The van der Waals surface area contributed by atoms with Crippen molar-refractivity contribution in [2.75, 3.05) is 0 Å². The Morgan fingerprint density at radius 1 is 0.414 bits per heavy atom. The van der Waals surface area contributed by atoms with Crippen LogP contribution in [-0.4, -0.2) is 10.2 Å². The lowest BCUT2D eigenvalue weighted by atomic mass is 9.65. The molecule has 0 radical (unpaired) electrons. The van der Waals surface area contributed by atoms with Crippen LogP contribution in [0.1, 0.15) is 33.4 Å². The SMILES string of the molecule is OCc1ccc(C(c2ccccc2)(c2ccccc2)c2ccc(CO)cc2)cc1. The molecule has 0 saturated carbocycles. The molecule has 29 heavy (non-hydrogen) atoms. The van der Waals surface area contributed by atoms with Gasteiger partial charge in [0, 0.05) is 0 Å². The summed E-state index contributed by atoms with van der Waals surface area (Å²) in [4.78, 5) is 0. The average molecular weight is 380 g/mol. The molecule has 0 amide bonds. The third-order valence-corrected chi connectivity index (χ3v) is 5.55. The quantitative estimate of drug-likeness (QED) is 0.459. The number of rotatable bonds is 6. The highest BCUT2D eigenvalue weighted by molar-refractivity contribution is 5.60. The van der Waals surface area contributed by atoms with Crippen molar-refractivity contribution in [1.82, 2.24) is 0 Å². The normalized spacial score (nSPS) is 11.4. The van der Waals surface area contributed by atoms with Crippen molar-refractivity contribution in [3.8, 4) is 0 Å². The Kier molecular flexibility index (Phi) is 5.57.